The molecule has 0 aliphatic heterocycles. The van der Waals surface area contributed by atoms with Gasteiger partial charge in [0.1, 0.15) is 0 Å². The minimum absolute atomic E-state index is 0. The third-order valence-corrected chi connectivity index (χ3v) is 7.51. The van der Waals surface area contributed by atoms with Crippen LogP contribution < -0.4 is 15.2 Å². The first-order valence-corrected chi connectivity index (χ1v) is 11.0. The number of benzene rings is 1. The van der Waals surface area contributed by atoms with Crippen LogP contribution in [0.3, 0.4) is 0 Å². The third-order valence-electron chi connectivity index (χ3n) is 4.42. The van der Waals surface area contributed by atoms with Gasteiger partial charge in [0.25, 0.3) is 0 Å². The Morgan fingerprint density at radius 1 is 1.08 bits per heavy atom. The number of nitrogens with two attached hydrogens (primary N) is 1. The molecular weight excluding hydrogens is 386 g/mol. The van der Waals surface area contributed by atoms with Gasteiger partial charge in [-0.15, -0.1) is 12.4 Å². The molecule has 1 fully saturated rings. The summed E-state index contributed by atoms with van der Waals surface area (Å²) in [6.45, 7) is 3.89. The van der Waals surface area contributed by atoms with Crippen molar-refractivity contribution in [2.75, 3.05) is 6.54 Å². The van der Waals surface area contributed by atoms with Crippen molar-refractivity contribution in [1.82, 2.24) is 9.44 Å². The molecule has 1 aromatic rings. The van der Waals surface area contributed by atoms with E-state index in [9.17, 15) is 16.8 Å². The summed E-state index contributed by atoms with van der Waals surface area (Å²) in [4.78, 5) is -0.135. The summed E-state index contributed by atoms with van der Waals surface area (Å²) in [5, 5.41) is 0. The predicted octanol–water partition coefficient (Wildman–Crippen LogP) is 1.34. The van der Waals surface area contributed by atoms with E-state index in [0.717, 1.165) is 12.8 Å². The molecule has 0 unspecified atom stereocenters. The van der Waals surface area contributed by atoms with E-state index in [0.29, 0.717) is 12.8 Å². The van der Waals surface area contributed by atoms with Gasteiger partial charge in [0.05, 0.1) is 9.79 Å². The molecule has 1 saturated carbocycles. The molecule has 0 radical (unpaired) electrons. The summed E-state index contributed by atoms with van der Waals surface area (Å²) < 4.78 is 55.0. The van der Waals surface area contributed by atoms with Crippen LogP contribution in [0.15, 0.2) is 34.1 Å². The summed E-state index contributed by atoms with van der Waals surface area (Å²) in [7, 11) is -7.58. The van der Waals surface area contributed by atoms with Crippen LogP contribution in [0.5, 0.6) is 0 Å². The Bertz CT molecular complexity index is 780. The number of halogens is 1. The van der Waals surface area contributed by atoms with Gasteiger partial charge in [-0.2, -0.15) is 0 Å². The first-order valence-electron chi connectivity index (χ1n) is 8.04. The van der Waals surface area contributed by atoms with E-state index in [1.54, 1.807) is 0 Å². The second-order valence-corrected chi connectivity index (χ2v) is 9.56. The quantitative estimate of drug-likeness (QED) is 0.566. The summed E-state index contributed by atoms with van der Waals surface area (Å²) in [5.41, 5.74) is 5.01. The Kier molecular flexibility index (Phi) is 7.43. The van der Waals surface area contributed by atoms with Crippen molar-refractivity contribution >= 4 is 32.5 Å². The average molecular weight is 412 g/mol. The van der Waals surface area contributed by atoms with Crippen LogP contribution in [-0.4, -0.2) is 35.0 Å². The van der Waals surface area contributed by atoms with Gasteiger partial charge in [0, 0.05) is 18.1 Å². The number of sulfonamides is 2. The minimum Gasteiger partial charge on any atom is -0.329 e. The van der Waals surface area contributed by atoms with E-state index >= 15 is 0 Å². The smallest absolute Gasteiger partial charge is 0.241 e. The first kappa shape index (κ1) is 22.3. The molecule has 0 atom stereocenters. The highest BCUT2D eigenvalue weighted by molar-refractivity contribution is 7.90. The zero-order chi connectivity index (χ0) is 18.0. The fraction of sp³-hybridized carbons (Fsp3) is 0.600. The van der Waals surface area contributed by atoms with Gasteiger partial charge >= 0.3 is 0 Å². The number of nitrogens with one attached hydrogen (secondary N) is 2. The Morgan fingerprint density at radius 2 is 1.60 bits per heavy atom. The Morgan fingerprint density at radius 3 is 2.04 bits per heavy atom. The molecule has 4 N–H and O–H groups in total. The largest absolute Gasteiger partial charge is 0.329 e. The van der Waals surface area contributed by atoms with E-state index in [-0.39, 0.29) is 34.8 Å². The lowest BCUT2D eigenvalue weighted by atomic mass is 9.95. The second-order valence-electron chi connectivity index (χ2n) is 6.17. The summed E-state index contributed by atoms with van der Waals surface area (Å²) >= 11 is 0. The highest BCUT2D eigenvalue weighted by Crippen LogP contribution is 2.24. The maximum atomic E-state index is 12.7. The zero-order valence-corrected chi connectivity index (χ0v) is 16.8. The van der Waals surface area contributed by atoms with E-state index in [1.807, 2.05) is 13.8 Å². The monoisotopic (exact) mass is 411 g/mol. The summed E-state index contributed by atoms with van der Waals surface area (Å²) in [6.07, 6.45) is 2.70. The van der Waals surface area contributed by atoms with E-state index in [2.05, 4.69) is 9.44 Å². The maximum absolute atomic E-state index is 12.7. The predicted molar refractivity (Wildman–Crippen MR) is 99.7 cm³/mol. The molecule has 144 valence electrons. The van der Waals surface area contributed by atoms with Crippen molar-refractivity contribution in [3.05, 3.63) is 24.3 Å². The van der Waals surface area contributed by atoms with Crippen LogP contribution in [0.2, 0.25) is 0 Å². The van der Waals surface area contributed by atoms with Crippen LogP contribution in [0.25, 0.3) is 0 Å². The van der Waals surface area contributed by atoms with Crippen molar-refractivity contribution in [2.45, 2.75) is 60.9 Å². The number of hydrogen-bond donors (Lipinski definition) is 3. The Labute approximate surface area is 156 Å². The molecule has 1 aliphatic rings. The molecule has 0 aromatic heterocycles. The van der Waals surface area contributed by atoms with Gasteiger partial charge in [0.15, 0.2) is 0 Å². The first-order chi connectivity index (χ1) is 11.2. The van der Waals surface area contributed by atoms with Crippen LogP contribution in [-0.2, 0) is 20.0 Å². The molecule has 0 bridgehead atoms. The normalized spacial score (nSPS) is 15.6. The molecule has 0 heterocycles. The lowest BCUT2D eigenvalue weighted by molar-refractivity contribution is 0.363. The van der Waals surface area contributed by atoms with E-state index < -0.39 is 25.6 Å². The van der Waals surface area contributed by atoms with Gasteiger partial charge in [-0.25, -0.2) is 26.3 Å². The van der Waals surface area contributed by atoms with E-state index in [4.69, 9.17) is 5.73 Å². The average Bonchev–Trinajstić information content (AvgIpc) is 3.36. The van der Waals surface area contributed by atoms with Crippen molar-refractivity contribution in [3.8, 4) is 0 Å². The molecule has 7 nitrogen and oxygen atoms in total. The molecular formula is C15H26ClN3O4S2. The van der Waals surface area contributed by atoms with Gasteiger partial charge in [-0.05, 0) is 43.9 Å². The SMILES string of the molecule is CCC(CC)(CN)NS(=O)(=O)c1cccc(S(=O)(=O)NC2CC2)c1.Cl. The van der Waals surface area contributed by atoms with Crippen LogP contribution in [0, 0.1) is 0 Å². The van der Waals surface area contributed by atoms with Crippen molar-refractivity contribution in [2.24, 2.45) is 5.73 Å². The molecule has 25 heavy (non-hydrogen) atoms. The molecule has 0 amide bonds. The van der Waals surface area contributed by atoms with Gasteiger partial charge in [-0.3, -0.25) is 0 Å². The van der Waals surface area contributed by atoms with Gasteiger partial charge in [0.2, 0.25) is 20.0 Å². The molecule has 0 spiro atoms. The van der Waals surface area contributed by atoms with Gasteiger partial charge in [-0.1, -0.05) is 19.9 Å². The van der Waals surface area contributed by atoms with Gasteiger partial charge < -0.3 is 5.73 Å². The highest BCUT2D eigenvalue weighted by Gasteiger charge is 2.32. The van der Waals surface area contributed by atoms with Crippen LogP contribution in [0.4, 0.5) is 0 Å². The Hall–Kier alpha value is -0.710. The van der Waals surface area contributed by atoms with E-state index in [1.165, 1.54) is 24.3 Å². The van der Waals surface area contributed by atoms with Crippen LogP contribution >= 0.6 is 12.4 Å². The topological polar surface area (TPSA) is 118 Å². The lowest BCUT2D eigenvalue weighted by Gasteiger charge is -2.31. The minimum atomic E-state index is -3.87. The molecule has 10 heteroatoms. The second kappa shape index (κ2) is 8.32. The van der Waals surface area contributed by atoms with Crippen molar-refractivity contribution in [1.29, 1.82) is 0 Å². The lowest BCUT2D eigenvalue weighted by Crippen LogP contribution is -2.52. The summed E-state index contributed by atoms with van der Waals surface area (Å²) in [5.74, 6) is 0. The zero-order valence-electron chi connectivity index (χ0n) is 14.4. The van der Waals surface area contributed by atoms with Crippen molar-refractivity contribution < 1.29 is 16.8 Å². The third kappa shape index (κ3) is 5.38. The van der Waals surface area contributed by atoms with Crippen LogP contribution in [0.1, 0.15) is 39.5 Å². The summed E-state index contributed by atoms with van der Waals surface area (Å²) in [6, 6.07) is 5.33. The van der Waals surface area contributed by atoms with Crippen molar-refractivity contribution in [3.63, 3.8) is 0 Å². The number of hydrogen-bond acceptors (Lipinski definition) is 5. The molecule has 0 saturated heterocycles. The fourth-order valence-electron chi connectivity index (χ4n) is 2.37. The highest BCUT2D eigenvalue weighted by atomic mass is 35.5. The Balaban J connectivity index is 0.00000312. The maximum Gasteiger partial charge on any atom is 0.241 e. The molecule has 1 aromatic carbocycles. The fourth-order valence-corrected chi connectivity index (χ4v) is 5.39. The standard InChI is InChI=1S/C15H25N3O4S2.ClH/c1-3-15(4-2,11-16)18-24(21,22)14-7-5-6-13(10-14)23(19,20)17-12-8-9-12;/h5-7,10,12,17-18H,3-4,8-9,11,16H2,1-2H3;1H. The number of rotatable bonds is 9. The molecule has 2 rings (SSSR count). The molecule has 1 aliphatic carbocycles.